The molecular weight excluding hydrogens is 598 g/mol. The smallest absolute Gasteiger partial charge is 0.329 e. The number of hydrogen-bond acceptors (Lipinski definition) is 9. The van der Waals surface area contributed by atoms with Crippen LogP contribution >= 0.6 is 0 Å². The number of cyclic esters (lactones) is 1. The molecule has 2 N–H and O–H groups in total. The quantitative estimate of drug-likeness (QED) is 0.371. The number of carbonyl (C=O) groups excluding carboxylic acids is 3. The molecule has 2 saturated heterocycles. The highest BCUT2D eigenvalue weighted by Gasteiger charge is 2.39. The van der Waals surface area contributed by atoms with Crippen molar-refractivity contribution in [2.45, 2.75) is 83.6 Å². The molecule has 0 unspecified atom stereocenters. The lowest BCUT2D eigenvalue weighted by atomic mass is 9.91. The number of aliphatic hydroxyl groups excluding tert-OH is 1. The molecule has 0 radical (unpaired) electrons. The largest absolute Gasteiger partial charge is 0.460 e. The summed E-state index contributed by atoms with van der Waals surface area (Å²) in [7, 11) is 4.24. The predicted octanol–water partition coefficient (Wildman–Crippen LogP) is 3.53. The number of oxazole rings is 1. The summed E-state index contributed by atoms with van der Waals surface area (Å²) in [6.07, 6.45) is 12.6. The normalized spacial score (nSPS) is 29.9. The van der Waals surface area contributed by atoms with Crippen LogP contribution in [-0.2, 0) is 20.7 Å². The van der Waals surface area contributed by atoms with Crippen LogP contribution in [0.4, 0.5) is 0 Å². The third kappa shape index (κ3) is 10.5. The molecular formula is C36H53N5O6. The van der Waals surface area contributed by atoms with E-state index in [2.05, 4.69) is 47.7 Å². The monoisotopic (exact) mass is 651 g/mol. The number of carbonyl (C=O) groups is 3. The van der Waals surface area contributed by atoms with Gasteiger partial charge >= 0.3 is 5.97 Å². The molecule has 0 saturated carbocycles. The topological polar surface area (TPSA) is 128 Å². The zero-order valence-corrected chi connectivity index (χ0v) is 28.7. The van der Waals surface area contributed by atoms with Crippen molar-refractivity contribution in [1.82, 2.24) is 25.0 Å². The number of piperidine rings is 1. The van der Waals surface area contributed by atoms with Gasteiger partial charge in [-0.05, 0) is 72.3 Å². The van der Waals surface area contributed by atoms with Crippen molar-refractivity contribution >= 4 is 17.8 Å². The van der Waals surface area contributed by atoms with Crippen molar-refractivity contribution < 1.29 is 28.6 Å². The Hall–Kier alpha value is -3.54. The Morgan fingerprint density at radius 1 is 1.15 bits per heavy atom. The molecule has 2 bridgehead atoms. The number of nitrogens with one attached hydrogen (secondary N) is 1. The van der Waals surface area contributed by atoms with Crippen LogP contribution < -0.4 is 5.32 Å². The fourth-order valence-electron chi connectivity index (χ4n) is 6.79. The Balaban J connectivity index is 1.55. The van der Waals surface area contributed by atoms with Gasteiger partial charge in [-0.15, -0.1) is 0 Å². The molecule has 47 heavy (non-hydrogen) atoms. The van der Waals surface area contributed by atoms with Gasteiger partial charge in [0.2, 0.25) is 5.91 Å². The van der Waals surface area contributed by atoms with Crippen LogP contribution in [0.25, 0.3) is 0 Å². The van der Waals surface area contributed by atoms with Crippen molar-refractivity contribution in [2.24, 2.45) is 11.8 Å². The maximum atomic E-state index is 13.8. The number of allylic oxidation sites excluding steroid dienone is 2. The van der Waals surface area contributed by atoms with E-state index in [-0.39, 0.29) is 35.8 Å². The number of rotatable bonds is 4. The Bertz CT molecular complexity index is 1340. The number of likely N-dealkylation sites (tertiary alicyclic amines) is 1. The number of nitrogens with zero attached hydrogens (tertiary/aromatic N) is 4. The Morgan fingerprint density at radius 3 is 2.62 bits per heavy atom. The molecule has 3 aliphatic rings. The van der Waals surface area contributed by atoms with E-state index in [1.807, 2.05) is 26.0 Å². The molecule has 3 aliphatic heterocycles. The molecule has 4 heterocycles. The summed E-state index contributed by atoms with van der Waals surface area (Å²) >= 11 is 0. The molecule has 2 fully saturated rings. The Labute approximate surface area is 279 Å². The predicted molar refractivity (Wildman–Crippen MR) is 180 cm³/mol. The first-order chi connectivity index (χ1) is 22.4. The zero-order valence-electron chi connectivity index (χ0n) is 28.7. The van der Waals surface area contributed by atoms with Crippen molar-refractivity contribution in [3.8, 4) is 0 Å². The summed E-state index contributed by atoms with van der Waals surface area (Å²) in [5.41, 5.74) is 1.67. The number of ether oxygens (including phenoxy) is 1. The Morgan fingerprint density at radius 2 is 1.89 bits per heavy atom. The van der Waals surface area contributed by atoms with Crippen LogP contribution in [0.15, 0.2) is 58.8 Å². The SMILES string of the molecule is C=C1Cc2nc(co2)C(=O)N2CCC[C@@H]2C(=O)O[C@H]([C@@H](C)CN2CCC(N(C)C)CC2)[C@H](C)/C=C/C(=O)NC/C=C/C(C)=C/[C@@H](O)C1. The average molecular weight is 652 g/mol. The summed E-state index contributed by atoms with van der Waals surface area (Å²) in [4.78, 5) is 50.7. The van der Waals surface area contributed by atoms with Gasteiger partial charge in [0.1, 0.15) is 18.4 Å². The second-order valence-corrected chi connectivity index (χ2v) is 13.6. The maximum absolute atomic E-state index is 13.8. The highest BCUT2D eigenvalue weighted by molar-refractivity contribution is 5.95. The molecule has 1 aromatic rings. The first kappa shape index (κ1) is 36.3. The van der Waals surface area contributed by atoms with Crippen LogP contribution in [0.5, 0.6) is 0 Å². The van der Waals surface area contributed by atoms with Crippen molar-refractivity contribution in [2.75, 3.05) is 46.8 Å². The molecule has 258 valence electrons. The number of amides is 2. The fraction of sp³-hybridized carbons (Fsp3) is 0.611. The lowest BCUT2D eigenvalue weighted by molar-refractivity contribution is -0.158. The summed E-state index contributed by atoms with van der Waals surface area (Å²) in [6.45, 7) is 13.4. The second-order valence-electron chi connectivity index (χ2n) is 13.6. The first-order valence-electron chi connectivity index (χ1n) is 16.9. The van der Waals surface area contributed by atoms with Gasteiger partial charge in [-0.3, -0.25) is 9.59 Å². The van der Waals surface area contributed by atoms with Crippen LogP contribution in [0, 0.1) is 11.8 Å². The van der Waals surface area contributed by atoms with Gasteiger partial charge in [-0.25, -0.2) is 9.78 Å². The molecule has 1 aromatic heterocycles. The van der Waals surface area contributed by atoms with E-state index in [4.69, 9.17) is 9.15 Å². The van der Waals surface area contributed by atoms with Gasteiger partial charge in [-0.1, -0.05) is 55.9 Å². The number of esters is 1. The Kier molecular flexibility index (Phi) is 13.2. The molecule has 11 heteroatoms. The highest BCUT2D eigenvalue weighted by Crippen LogP contribution is 2.27. The molecule has 4 rings (SSSR count). The van der Waals surface area contributed by atoms with E-state index in [1.54, 1.807) is 12.2 Å². The molecule has 2 amide bonds. The van der Waals surface area contributed by atoms with E-state index in [9.17, 15) is 19.5 Å². The van der Waals surface area contributed by atoms with Crippen molar-refractivity contribution in [3.05, 3.63) is 66.0 Å². The standard InChI is InChI=1S/C36H53N5O6/c1-24-9-7-15-37-32(43)12-11-26(3)34(27(4)22-40-17-13-28(14-18-40)39(5)6)47-36(45)31-10-8-16-41(31)35(44)30-23-46-33(38-30)21-25(2)20-29(42)19-24/h7,9,11-12,19,23,26-29,31,34,42H,2,8,10,13-18,20-22H2,1,3-6H3,(H,37,43)/b9-7+,12-11+,24-19+/t26-,27+,29-,31-,34+/m1/s1. The summed E-state index contributed by atoms with van der Waals surface area (Å²) in [5.74, 6) is -1.02. The van der Waals surface area contributed by atoms with E-state index >= 15 is 0 Å². The summed E-state index contributed by atoms with van der Waals surface area (Å²) in [5, 5.41) is 13.4. The number of aromatic nitrogens is 1. The number of hydrogen-bond donors (Lipinski definition) is 2. The van der Waals surface area contributed by atoms with Crippen LogP contribution in [0.1, 0.15) is 69.3 Å². The zero-order chi connectivity index (χ0) is 34.1. The maximum Gasteiger partial charge on any atom is 0.329 e. The second kappa shape index (κ2) is 17.0. The van der Waals surface area contributed by atoms with Gasteiger partial charge in [-0.2, -0.15) is 0 Å². The van der Waals surface area contributed by atoms with Gasteiger partial charge in [0.15, 0.2) is 11.6 Å². The summed E-state index contributed by atoms with van der Waals surface area (Å²) < 4.78 is 11.9. The fourth-order valence-corrected chi connectivity index (χ4v) is 6.79. The molecule has 11 nitrogen and oxygen atoms in total. The lowest BCUT2D eigenvalue weighted by Gasteiger charge is -2.38. The van der Waals surface area contributed by atoms with Crippen LogP contribution in [0.3, 0.4) is 0 Å². The van der Waals surface area contributed by atoms with Crippen molar-refractivity contribution in [1.29, 1.82) is 0 Å². The first-order valence-corrected chi connectivity index (χ1v) is 16.9. The highest BCUT2D eigenvalue weighted by atomic mass is 16.5. The lowest BCUT2D eigenvalue weighted by Crippen LogP contribution is -2.47. The van der Waals surface area contributed by atoms with Crippen LogP contribution in [0.2, 0.25) is 0 Å². The van der Waals surface area contributed by atoms with Gasteiger partial charge in [0, 0.05) is 43.9 Å². The molecule has 5 atom stereocenters. The van der Waals surface area contributed by atoms with Crippen molar-refractivity contribution in [3.63, 3.8) is 0 Å². The molecule has 0 aromatic carbocycles. The van der Waals surface area contributed by atoms with Gasteiger partial charge in [0.05, 0.1) is 6.10 Å². The average Bonchev–Trinajstić information content (AvgIpc) is 3.70. The van der Waals surface area contributed by atoms with E-state index in [0.717, 1.165) is 38.0 Å². The molecule has 0 aliphatic carbocycles. The molecule has 0 spiro atoms. The third-order valence-electron chi connectivity index (χ3n) is 9.40. The minimum Gasteiger partial charge on any atom is -0.460 e. The minimum atomic E-state index is -0.764. The van der Waals surface area contributed by atoms with Crippen LogP contribution in [-0.4, -0.2) is 114 Å². The van der Waals surface area contributed by atoms with E-state index < -0.39 is 24.2 Å². The number of aliphatic hydroxyl groups is 1. The third-order valence-corrected chi connectivity index (χ3v) is 9.40. The van der Waals surface area contributed by atoms with E-state index in [1.165, 1.54) is 17.2 Å². The minimum absolute atomic E-state index is 0.0168. The van der Waals surface area contributed by atoms with E-state index in [0.29, 0.717) is 49.9 Å². The van der Waals surface area contributed by atoms with Gasteiger partial charge in [0.25, 0.3) is 5.91 Å². The summed E-state index contributed by atoms with van der Waals surface area (Å²) in [6, 6.07) is -0.170. The van der Waals surface area contributed by atoms with Gasteiger partial charge < -0.3 is 34.3 Å². The number of fused-ring (bicyclic) bond motifs is 3.